The molecule has 1 aliphatic rings. The van der Waals surface area contributed by atoms with E-state index in [1.165, 1.54) is 30.2 Å². The lowest BCUT2D eigenvalue weighted by Crippen LogP contribution is -2.38. The van der Waals surface area contributed by atoms with E-state index in [0.717, 1.165) is 17.7 Å². The molecule has 0 saturated carbocycles. The van der Waals surface area contributed by atoms with Crippen LogP contribution in [-0.4, -0.2) is 45.8 Å². The first-order chi connectivity index (χ1) is 14.5. The Labute approximate surface area is 182 Å². The second kappa shape index (κ2) is 8.86. The summed E-state index contributed by atoms with van der Waals surface area (Å²) in [6.07, 6.45) is -0.712. The molecule has 1 atom stereocenters. The number of benzene rings is 1. The van der Waals surface area contributed by atoms with Gasteiger partial charge in [-0.1, -0.05) is 17.7 Å². The third-order valence-electron chi connectivity index (χ3n) is 5.03. The van der Waals surface area contributed by atoms with E-state index in [9.17, 15) is 28.2 Å². The fraction of sp³-hybridized carbons (Fsp3) is 0.333. The number of pyridine rings is 1. The van der Waals surface area contributed by atoms with Crippen molar-refractivity contribution in [3.05, 3.63) is 64.4 Å². The molecule has 1 aromatic carbocycles. The Balaban J connectivity index is 1.65. The lowest BCUT2D eigenvalue weighted by molar-refractivity contribution is -0.137. The number of anilines is 1. The molecule has 166 valence electrons. The molecular formula is C21H21ClF3N3O3. The zero-order valence-electron chi connectivity index (χ0n) is 16.6. The maximum atomic E-state index is 12.6. The fourth-order valence-electron chi connectivity index (χ4n) is 3.07. The fourth-order valence-corrected chi connectivity index (χ4v) is 3.36. The van der Waals surface area contributed by atoms with Crippen LogP contribution in [-0.2, 0) is 11.8 Å². The predicted molar refractivity (Wildman–Crippen MR) is 111 cm³/mol. The van der Waals surface area contributed by atoms with Crippen molar-refractivity contribution in [2.75, 3.05) is 25.0 Å². The van der Waals surface area contributed by atoms with Crippen LogP contribution in [0.5, 0.6) is 0 Å². The van der Waals surface area contributed by atoms with Crippen LogP contribution in [0.4, 0.5) is 23.7 Å². The van der Waals surface area contributed by atoms with Crippen LogP contribution in [0.2, 0.25) is 5.02 Å². The standard InChI is InChI=1S/C21H21ClF3N3O3/c1-20(31,12-29)15-10-17(22)18(26-11-15)13-6-8-28(9-7-13)19(30)27-16-4-2-14(3-5-16)21(23,24)25/h2-6,10-11,29,31H,7-9,12H2,1H3,(H,27,30)/t20-/m0/s1. The first kappa shape index (κ1) is 23.1. The van der Waals surface area contributed by atoms with E-state index in [1.807, 2.05) is 0 Å². The highest BCUT2D eigenvalue weighted by Crippen LogP contribution is 2.31. The Morgan fingerprint density at radius 3 is 2.45 bits per heavy atom. The quantitative estimate of drug-likeness (QED) is 0.642. The van der Waals surface area contributed by atoms with Crippen molar-refractivity contribution in [2.24, 2.45) is 0 Å². The van der Waals surface area contributed by atoms with E-state index in [-0.39, 0.29) is 12.2 Å². The number of nitrogens with zero attached hydrogens (tertiary/aromatic N) is 2. The van der Waals surface area contributed by atoms with E-state index < -0.39 is 30.0 Å². The summed E-state index contributed by atoms with van der Waals surface area (Å²) in [5.41, 5.74) is -0.224. The van der Waals surface area contributed by atoms with E-state index in [2.05, 4.69) is 10.3 Å². The van der Waals surface area contributed by atoms with Crippen molar-refractivity contribution >= 4 is 28.9 Å². The average molecular weight is 456 g/mol. The smallest absolute Gasteiger partial charge is 0.393 e. The summed E-state index contributed by atoms with van der Waals surface area (Å²) in [6, 6.07) is 5.36. The Morgan fingerprint density at radius 1 is 1.26 bits per heavy atom. The molecule has 0 aliphatic carbocycles. The Kier molecular flexibility index (Phi) is 6.59. The minimum Gasteiger partial charge on any atom is -0.393 e. The number of carbonyl (C=O) groups excluding carboxylic acids is 1. The molecule has 0 saturated heterocycles. The maximum absolute atomic E-state index is 12.6. The highest BCUT2D eigenvalue weighted by molar-refractivity contribution is 6.32. The number of halogens is 4. The molecule has 10 heteroatoms. The van der Waals surface area contributed by atoms with Gasteiger partial charge in [0.15, 0.2) is 0 Å². The van der Waals surface area contributed by atoms with Gasteiger partial charge < -0.3 is 20.4 Å². The SMILES string of the molecule is C[C@](O)(CO)c1cnc(C2=CCN(C(=O)Nc3ccc(C(F)(F)F)cc3)CC2)c(Cl)c1. The van der Waals surface area contributed by atoms with E-state index in [4.69, 9.17) is 11.6 Å². The molecule has 0 unspecified atom stereocenters. The molecule has 0 bridgehead atoms. The molecule has 3 N–H and O–H groups in total. The lowest BCUT2D eigenvalue weighted by atomic mass is 9.97. The van der Waals surface area contributed by atoms with Crippen molar-refractivity contribution in [1.29, 1.82) is 0 Å². The summed E-state index contributed by atoms with van der Waals surface area (Å²) in [5, 5.41) is 22.3. The number of alkyl halides is 3. The van der Waals surface area contributed by atoms with Gasteiger partial charge in [-0.3, -0.25) is 4.98 Å². The number of hydrogen-bond acceptors (Lipinski definition) is 4. The van der Waals surface area contributed by atoms with Gasteiger partial charge in [0.05, 0.1) is 22.9 Å². The van der Waals surface area contributed by atoms with Crippen LogP contribution >= 0.6 is 11.6 Å². The van der Waals surface area contributed by atoms with Crippen molar-refractivity contribution in [1.82, 2.24) is 9.88 Å². The predicted octanol–water partition coefficient (Wildman–Crippen LogP) is 4.27. The monoisotopic (exact) mass is 455 g/mol. The van der Waals surface area contributed by atoms with Crippen LogP contribution in [0.25, 0.3) is 5.57 Å². The van der Waals surface area contributed by atoms with E-state index >= 15 is 0 Å². The zero-order valence-corrected chi connectivity index (χ0v) is 17.3. The molecule has 2 aromatic rings. The van der Waals surface area contributed by atoms with Gasteiger partial charge >= 0.3 is 12.2 Å². The maximum Gasteiger partial charge on any atom is 0.416 e. The Bertz CT molecular complexity index is 992. The summed E-state index contributed by atoms with van der Waals surface area (Å²) in [5.74, 6) is 0. The van der Waals surface area contributed by atoms with Gasteiger partial charge in [-0.25, -0.2) is 4.79 Å². The van der Waals surface area contributed by atoms with Gasteiger partial charge in [0.25, 0.3) is 0 Å². The van der Waals surface area contributed by atoms with Crippen LogP contribution < -0.4 is 5.32 Å². The number of hydrogen-bond donors (Lipinski definition) is 3. The molecule has 1 aliphatic heterocycles. The van der Waals surface area contributed by atoms with Gasteiger partial charge in [-0.15, -0.1) is 0 Å². The minimum absolute atomic E-state index is 0.268. The summed E-state index contributed by atoms with van der Waals surface area (Å²) in [6.45, 7) is 1.62. The van der Waals surface area contributed by atoms with Crippen molar-refractivity contribution in [3.63, 3.8) is 0 Å². The van der Waals surface area contributed by atoms with Crippen molar-refractivity contribution < 1.29 is 28.2 Å². The van der Waals surface area contributed by atoms with Crippen LogP contribution in [0, 0.1) is 0 Å². The van der Waals surface area contributed by atoms with Gasteiger partial charge in [0.2, 0.25) is 0 Å². The molecular weight excluding hydrogens is 435 g/mol. The molecule has 1 aromatic heterocycles. The first-order valence-corrected chi connectivity index (χ1v) is 9.81. The number of rotatable bonds is 4. The molecule has 6 nitrogen and oxygen atoms in total. The van der Waals surface area contributed by atoms with E-state index in [1.54, 1.807) is 12.1 Å². The summed E-state index contributed by atoms with van der Waals surface area (Å²) < 4.78 is 37.9. The number of nitrogens with one attached hydrogen (secondary N) is 1. The van der Waals surface area contributed by atoms with Crippen LogP contribution in [0.15, 0.2) is 42.6 Å². The van der Waals surface area contributed by atoms with Gasteiger partial charge in [0, 0.05) is 30.5 Å². The molecule has 0 spiro atoms. The molecule has 0 radical (unpaired) electrons. The van der Waals surface area contributed by atoms with Gasteiger partial charge in [-0.2, -0.15) is 13.2 Å². The number of amides is 2. The number of carbonyl (C=O) groups is 1. The normalized spacial score (nSPS) is 16.5. The summed E-state index contributed by atoms with van der Waals surface area (Å²) in [7, 11) is 0. The van der Waals surface area contributed by atoms with Gasteiger partial charge in [0.1, 0.15) is 5.60 Å². The Hall–Kier alpha value is -2.62. The average Bonchev–Trinajstić information content (AvgIpc) is 2.73. The summed E-state index contributed by atoms with van der Waals surface area (Å²) >= 11 is 6.31. The van der Waals surface area contributed by atoms with Crippen LogP contribution in [0.3, 0.4) is 0 Å². The summed E-state index contributed by atoms with van der Waals surface area (Å²) in [4.78, 5) is 18.2. The molecule has 2 heterocycles. The number of aromatic nitrogens is 1. The number of aliphatic hydroxyl groups excluding tert-OH is 1. The lowest BCUT2D eigenvalue weighted by Gasteiger charge is -2.27. The highest BCUT2D eigenvalue weighted by atomic mass is 35.5. The van der Waals surface area contributed by atoms with Crippen molar-refractivity contribution in [2.45, 2.75) is 25.1 Å². The molecule has 3 rings (SSSR count). The topological polar surface area (TPSA) is 85.7 Å². The number of urea groups is 1. The number of aliphatic hydroxyl groups is 2. The Morgan fingerprint density at radius 2 is 1.94 bits per heavy atom. The minimum atomic E-state index is -4.43. The molecule has 0 fully saturated rings. The highest BCUT2D eigenvalue weighted by Gasteiger charge is 2.30. The largest absolute Gasteiger partial charge is 0.416 e. The third kappa shape index (κ3) is 5.36. The van der Waals surface area contributed by atoms with Crippen molar-refractivity contribution in [3.8, 4) is 0 Å². The second-order valence-electron chi connectivity index (χ2n) is 7.42. The van der Waals surface area contributed by atoms with E-state index in [0.29, 0.717) is 29.2 Å². The molecule has 2 amide bonds. The third-order valence-corrected chi connectivity index (χ3v) is 5.32. The zero-order chi connectivity index (χ0) is 22.8. The van der Waals surface area contributed by atoms with Crippen LogP contribution in [0.1, 0.15) is 30.2 Å². The first-order valence-electron chi connectivity index (χ1n) is 9.43. The molecule has 31 heavy (non-hydrogen) atoms. The van der Waals surface area contributed by atoms with Gasteiger partial charge in [-0.05, 0) is 49.2 Å². The second-order valence-corrected chi connectivity index (χ2v) is 7.82.